The van der Waals surface area contributed by atoms with Crippen molar-refractivity contribution in [2.45, 2.75) is 66.7 Å². The fraction of sp³-hybridized carbons (Fsp3) is 1.00. The molecular formula is C16H33N. The van der Waals surface area contributed by atoms with Crippen LogP contribution in [0.25, 0.3) is 0 Å². The third-order valence-electron chi connectivity index (χ3n) is 4.97. The summed E-state index contributed by atoms with van der Waals surface area (Å²) in [5.74, 6) is 2.63. The van der Waals surface area contributed by atoms with Crippen molar-refractivity contribution in [3.63, 3.8) is 0 Å². The van der Waals surface area contributed by atoms with Gasteiger partial charge in [0.2, 0.25) is 0 Å². The Labute approximate surface area is 109 Å². The van der Waals surface area contributed by atoms with Crippen molar-refractivity contribution in [1.82, 2.24) is 5.32 Å². The minimum absolute atomic E-state index is 0.630. The molecule has 0 bridgehead atoms. The van der Waals surface area contributed by atoms with E-state index in [-0.39, 0.29) is 0 Å². The number of nitrogens with one attached hydrogen (secondary N) is 1. The standard InChI is InChI=1S/C16H33N/c1-6-14(5)11-16(7-2)8-9-17-12-15(16)10-13(3)4/h13-15,17H,6-12H2,1-5H3. The second-order valence-electron chi connectivity index (χ2n) is 6.71. The lowest BCUT2D eigenvalue weighted by molar-refractivity contribution is 0.0564. The lowest BCUT2D eigenvalue weighted by Crippen LogP contribution is -2.46. The molecule has 0 aromatic heterocycles. The van der Waals surface area contributed by atoms with Gasteiger partial charge in [-0.05, 0) is 55.5 Å². The molecule has 0 radical (unpaired) electrons. The Hall–Kier alpha value is -0.0400. The van der Waals surface area contributed by atoms with Crippen LogP contribution in [0.15, 0.2) is 0 Å². The SMILES string of the molecule is CCC(C)CC1(CC)CCNCC1CC(C)C. The molecule has 0 aromatic rings. The maximum absolute atomic E-state index is 3.62. The second kappa shape index (κ2) is 6.78. The molecule has 0 amide bonds. The minimum atomic E-state index is 0.630. The van der Waals surface area contributed by atoms with Gasteiger partial charge in [-0.3, -0.25) is 0 Å². The van der Waals surface area contributed by atoms with Crippen molar-refractivity contribution >= 4 is 0 Å². The molecule has 1 saturated heterocycles. The van der Waals surface area contributed by atoms with E-state index in [0.29, 0.717) is 5.41 Å². The molecule has 102 valence electrons. The average Bonchev–Trinajstić information content (AvgIpc) is 2.31. The zero-order chi connectivity index (χ0) is 12.9. The van der Waals surface area contributed by atoms with E-state index in [1.54, 1.807) is 0 Å². The second-order valence-corrected chi connectivity index (χ2v) is 6.71. The molecule has 0 aromatic carbocycles. The maximum Gasteiger partial charge on any atom is -0.00151 e. The summed E-state index contributed by atoms with van der Waals surface area (Å²) >= 11 is 0. The maximum atomic E-state index is 3.62. The van der Waals surface area contributed by atoms with Crippen LogP contribution in [0.5, 0.6) is 0 Å². The van der Waals surface area contributed by atoms with Crippen molar-refractivity contribution in [1.29, 1.82) is 0 Å². The van der Waals surface area contributed by atoms with Gasteiger partial charge in [0.25, 0.3) is 0 Å². The number of piperidine rings is 1. The first-order chi connectivity index (χ1) is 8.04. The first kappa shape index (κ1) is 15.0. The highest BCUT2D eigenvalue weighted by atomic mass is 14.9. The van der Waals surface area contributed by atoms with Gasteiger partial charge in [0.05, 0.1) is 0 Å². The quantitative estimate of drug-likeness (QED) is 0.721. The zero-order valence-electron chi connectivity index (χ0n) is 12.7. The van der Waals surface area contributed by atoms with E-state index in [9.17, 15) is 0 Å². The fourth-order valence-electron chi connectivity index (χ4n) is 3.65. The molecule has 1 fully saturated rings. The number of hydrogen-bond donors (Lipinski definition) is 1. The van der Waals surface area contributed by atoms with Crippen LogP contribution in [-0.2, 0) is 0 Å². The van der Waals surface area contributed by atoms with Crippen LogP contribution < -0.4 is 5.32 Å². The Morgan fingerprint density at radius 3 is 2.47 bits per heavy atom. The summed E-state index contributed by atoms with van der Waals surface area (Å²) in [5.41, 5.74) is 0.630. The summed E-state index contributed by atoms with van der Waals surface area (Å²) < 4.78 is 0. The van der Waals surface area contributed by atoms with Crippen molar-refractivity contribution in [3.8, 4) is 0 Å². The third kappa shape index (κ3) is 3.98. The Balaban J connectivity index is 2.74. The van der Waals surface area contributed by atoms with Crippen LogP contribution in [0, 0.1) is 23.2 Å². The van der Waals surface area contributed by atoms with Crippen LogP contribution in [0.4, 0.5) is 0 Å². The van der Waals surface area contributed by atoms with Crippen LogP contribution in [0.1, 0.15) is 66.7 Å². The Kier molecular flexibility index (Phi) is 5.99. The topological polar surface area (TPSA) is 12.0 Å². The molecule has 0 aliphatic carbocycles. The third-order valence-corrected chi connectivity index (χ3v) is 4.97. The molecule has 3 unspecified atom stereocenters. The van der Waals surface area contributed by atoms with Crippen molar-refractivity contribution in [2.75, 3.05) is 13.1 Å². The summed E-state index contributed by atoms with van der Waals surface area (Å²) in [6, 6.07) is 0. The normalized spacial score (nSPS) is 31.8. The molecule has 1 aliphatic heterocycles. The van der Waals surface area contributed by atoms with Gasteiger partial charge < -0.3 is 5.32 Å². The van der Waals surface area contributed by atoms with Gasteiger partial charge in [-0.2, -0.15) is 0 Å². The summed E-state index contributed by atoms with van der Waals surface area (Å²) in [5, 5.41) is 3.62. The smallest absolute Gasteiger partial charge is 0.00151 e. The van der Waals surface area contributed by atoms with Gasteiger partial charge in [0, 0.05) is 0 Å². The first-order valence-electron chi connectivity index (χ1n) is 7.74. The van der Waals surface area contributed by atoms with Crippen LogP contribution in [0.3, 0.4) is 0 Å². The van der Waals surface area contributed by atoms with E-state index in [4.69, 9.17) is 0 Å². The summed E-state index contributed by atoms with van der Waals surface area (Å²) in [7, 11) is 0. The summed E-state index contributed by atoms with van der Waals surface area (Å²) in [4.78, 5) is 0. The molecule has 0 saturated carbocycles. The number of rotatable bonds is 6. The Morgan fingerprint density at radius 1 is 1.24 bits per heavy atom. The van der Waals surface area contributed by atoms with Crippen molar-refractivity contribution < 1.29 is 0 Å². The Morgan fingerprint density at radius 2 is 1.94 bits per heavy atom. The van der Waals surface area contributed by atoms with E-state index < -0.39 is 0 Å². The zero-order valence-corrected chi connectivity index (χ0v) is 12.7. The van der Waals surface area contributed by atoms with Crippen molar-refractivity contribution in [3.05, 3.63) is 0 Å². The van der Waals surface area contributed by atoms with E-state index in [1.165, 1.54) is 45.2 Å². The average molecular weight is 239 g/mol. The molecule has 1 N–H and O–H groups in total. The van der Waals surface area contributed by atoms with Gasteiger partial charge in [-0.25, -0.2) is 0 Å². The first-order valence-corrected chi connectivity index (χ1v) is 7.74. The molecule has 1 nitrogen and oxygen atoms in total. The van der Waals surface area contributed by atoms with E-state index in [1.807, 2.05) is 0 Å². The molecule has 1 heteroatoms. The van der Waals surface area contributed by atoms with Gasteiger partial charge in [0.15, 0.2) is 0 Å². The fourth-order valence-corrected chi connectivity index (χ4v) is 3.65. The summed E-state index contributed by atoms with van der Waals surface area (Å²) in [6.45, 7) is 14.4. The van der Waals surface area contributed by atoms with Gasteiger partial charge in [-0.1, -0.05) is 47.5 Å². The van der Waals surface area contributed by atoms with E-state index in [0.717, 1.165) is 17.8 Å². The highest BCUT2D eigenvalue weighted by Crippen LogP contribution is 2.45. The minimum Gasteiger partial charge on any atom is -0.316 e. The van der Waals surface area contributed by atoms with Gasteiger partial charge in [-0.15, -0.1) is 0 Å². The van der Waals surface area contributed by atoms with Gasteiger partial charge >= 0.3 is 0 Å². The monoisotopic (exact) mass is 239 g/mol. The highest BCUT2D eigenvalue weighted by Gasteiger charge is 2.39. The van der Waals surface area contributed by atoms with Crippen LogP contribution in [0.2, 0.25) is 0 Å². The highest BCUT2D eigenvalue weighted by molar-refractivity contribution is 4.92. The van der Waals surface area contributed by atoms with Crippen LogP contribution in [-0.4, -0.2) is 13.1 Å². The largest absolute Gasteiger partial charge is 0.316 e. The van der Waals surface area contributed by atoms with E-state index in [2.05, 4.69) is 39.9 Å². The van der Waals surface area contributed by atoms with Crippen LogP contribution >= 0.6 is 0 Å². The lowest BCUT2D eigenvalue weighted by Gasteiger charge is -2.46. The summed E-state index contributed by atoms with van der Waals surface area (Å²) in [6.07, 6.45) is 6.95. The predicted octanol–water partition coefficient (Wildman–Crippen LogP) is 4.47. The molecule has 1 rings (SSSR count). The van der Waals surface area contributed by atoms with Crippen molar-refractivity contribution in [2.24, 2.45) is 23.2 Å². The van der Waals surface area contributed by atoms with Gasteiger partial charge in [0.1, 0.15) is 0 Å². The molecule has 3 atom stereocenters. The predicted molar refractivity (Wildman–Crippen MR) is 77.2 cm³/mol. The molecular weight excluding hydrogens is 206 g/mol. The Bertz CT molecular complexity index is 212. The molecule has 17 heavy (non-hydrogen) atoms. The molecule has 0 spiro atoms. The lowest BCUT2D eigenvalue weighted by atomic mass is 9.62. The number of hydrogen-bond acceptors (Lipinski definition) is 1. The molecule has 1 heterocycles. The molecule has 1 aliphatic rings. The van der Waals surface area contributed by atoms with E-state index >= 15 is 0 Å².